The lowest BCUT2D eigenvalue weighted by atomic mass is 10.2. The Morgan fingerprint density at radius 2 is 1.48 bits per heavy atom. The van der Waals surface area contributed by atoms with Crippen LogP contribution in [0.25, 0.3) is 0 Å². The SMILES string of the molecule is O=[N+]([O-])c1ccc(/C=N/N(c2ccccc2)c2ccccc2)o1. The molecule has 0 spiro atoms. The Morgan fingerprint density at radius 3 is 1.96 bits per heavy atom. The van der Waals surface area contributed by atoms with Crippen LogP contribution in [-0.2, 0) is 0 Å². The lowest BCUT2D eigenvalue weighted by molar-refractivity contribution is -0.402. The van der Waals surface area contributed by atoms with Gasteiger partial charge in [-0.15, -0.1) is 0 Å². The standard InChI is InChI=1S/C17H13N3O3/c21-20(22)17-12-11-16(23-17)13-18-19(14-7-3-1-4-8-14)15-9-5-2-6-10-15/h1-13H/b18-13+. The van der Waals surface area contributed by atoms with Crippen LogP contribution >= 0.6 is 0 Å². The quantitative estimate of drug-likeness (QED) is 0.399. The van der Waals surface area contributed by atoms with Crippen molar-refractivity contribution in [3.8, 4) is 0 Å². The van der Waals surface area contributed by atoms with Gasteiger partial charge in [0.1, 0.15) is 4.92 Å². The first-order valence-corrected chi connectivity index (χ1v) is 6.92. The Kier molecular flexibility index (Phi) is 4.15. The predicted octanol–water partition coefficient (Wildman–Crippen LogP) is 4.36. The summed E-state index contributed by atoms with van der Waals surface area (Å²) in [7, 11) is 0. The molecule has 6 nitrogen and oxygen atoms in total. The number of furan rings is 1. The molecule has 23 heavy (non-hydrogen) atoms. The van der Waals surface area contributed by atoms with Gasteiger partial charge >= 0.3 is 5.88 Å². The van der Waals surface area contributed by atoms with E-state index in [1.165, 1.54) is 18.3 Å². The largest absolute Gasteiger partial charge is 0.433 e. The highest BCUT2D eigenvalue weighted by atomic mass is 16.6. The molecule has 0 radical (unpaired) electrons. The number of rotatable bonds is 5. The van der Waals surface area contributed by atoms with Crippen LogP contribution < -0.4 is 5.01 Å². The van der Waals surface area contributed by atoms with Crippen molar-refractivity contribution in [2.45, 2.75) is 0 Å². The molecule has 0 saturated heterocycles. The maximum Gasteiger partial charge on any atom is 0.433 e. The van der Waals surface area contributed by atoms with Gasteiger partial charge in [-0.05, 0) is 30.3 Å². The second-order valence-corrected chi connectivity index (χ2v) is 4.66. The highest BCUT2D eigenvalue weighted by Gasteiger charge is 2.11. The van der Waals surface area contributed by atoms with Crippen LogP contribution in [-0.4, -0.2) is 11.1 Å². The molecule has 1 heterocycles. The van der Waals surface area contributed by atoms with Gasteiger partial charge in [-0.3, -0.25) is 10.1 Å². The van der Waals surface area contributed by atoms with E-state index < -0.39 is 4.92 Å². The summed E-state index contributed by atoms with van der Waals surface area (Å²) in [6.45, 7) is 0. The van der Waals surface area contributed by atoms with E-state index in [9.17, 15) is 10.1 Å². The van der Waals surface area contributed by atoms with Crippen LogP contribution in [0.3, 0.4) is 0 Å². The van der Waals surface area contributed by atoms with E-state index in [-0.39, 0.29) is 5.88 Å². The van der Waals surface area contributed by atoms with Crippen LogP contribution in [0.2, 0.25) is 0 Å². The van der Waals surface area contributed by atoms with Gasteiger partial charge in [0.2, 0.25) is 0 Å². The molecule has 3 aromatic rings. The summed E-state index contributed by atoms with van der Waals surface area (Å²) in [4.78, 5) is 10.1. The van der Waals surface area contributed by atoms with Crippen molar-refractivity contribution in [1.82, 2.24) is 0 Å². The Morgan fingerprint density at radius 1 is 0.913 bits per heavy atom. The third kappa shape index (κ3) is 3.44. The van der Waals surface area contributed by atoms with E-state index in [1.807, 2.05) is 60.7 Å². The second-order valence-electron chi connectivity index (χ2n) is 4.66. The summed E-state index contributed by atoms with van der Waals surface area (Å²) in [5, 5.41) is 16.8. The van der Waals surface area contributed by atoms with Crippen molar-refractivity contribution < 1.29 is 9.34 Å². The lowest BCUT2D eigenvalue weighted by Crippen LogP contribution is -2.08. The number of hydrogen-bond acceptors (Lipinski definition) is 5. The normalized spacial score (nSPS) is 10.8. The first-order chi connectivity index (χ1) is 11.2. The molecule has 3 rings (SSSR count). The maximum atomic E-state index is 10.7. The molecule has 0 atom stereocenters. The zero-order chi connectivity index (χ0) is 16.1. The molecular formula is C17H13N3O3. The molecule has 0 saturated carbocycles. The van der Waals surface area contributed by atoms with Crippen molar-refractivity contribution in [2.24, 2.45) is 5.10 Å². The molecule has 0 unspecified atom stereocenters. The van der Waals surface area contributed by atoms with Crippen LogP contribution in [0.4, 0.5) is 17.3 Å². The van der Waals surface area contributed by atoms with Gasteiger partial charge in [0.15, 0.2) is 5.76 Å². The fourth-order valence-corrected chi connectivity index (χ4v) is 2.05. The van der Waals surface area contributed by atoms with E-state index >= 15 is 0 Å². The number of para-hydroxylation sites is 2. The smallest absolute Gasteiger partial charge is 0.400 e. The maximum absolute atomic E-state index is 10.7. The van der Waals surface area contributed by atoms with Gasteiger partial charge < -0.3 is 4.42 Å². The summed E-state index contributed by atoms with van der Waals surface area (Å²) in [6, 6.07) is 22.0. The molecule has 0 fully saturated rings. The van der Waals surface area contributed by atoms with Gasteiger partial charge in [-0.25, -0.2) is 5.01 Å². The molecule has 0 aliphatic rings. The third-order valence-corrected chi connectivity index (χ3v) is 3.09. The molecule has 0 aliphatic heterocycles. The molecule has 1 aromatic heterocycles. The predicted molar refractivity (Wildman–Crippen MR) is 88.0 cm³/mol. The number of nitrogens with zero attached hydrogens (tertiary/aromatic N) is 3. The van der Waals surface area contributed by atoms with Gasteiger partial charge in [-0.1, -0.05) is 36.4 Å². The van der Waals surface area contributed by atoms with Crippen LogP contribution in [0, 0.1) is 10.1 Å². The van der Waals surface area contributed by atoms with Crippen molar-refractivity contribution in [3.05, 3.63) is 88.7 Å². The summed E-state index contributed by atoms with van der Waals surface area (Å²) >= 11 is 0. The minimum absolute atomic E-state index is 0.308. The van der Waals surface area contributed by atoms with E-state index in [0.717, 1.165) is 11.4 Å². The molecule has 114 valence electrons. The molecule has 0 N–H and O–H groups in total. The Hall–Kier alpha value is -3.41. The van der Waals surface area contributed by atoms with Crippen LogP contribution in [0.1, 0.15) is 5.76 Å². The van der Waals surface area contributed by atoms with E-state index in [4.69, 9.17) is 4.42 Å². The molecule has 0 aliphatic carbocycles. The number of nitro groups is 1. The van der Waals surface area contributed by atoms with Crippen molar-refractivity contribution in [1.29, 1.82) is 0 Å². The molecule has 2 aromatic carbocycles. The third-order valence-electron chi connectivity index (χ3n) is 3.09. The van der Waals surface area contributed by atoms with Crippen molar-refractivity contribution in [2.75, 3.05) is 5.01 Å². The number of hydrazone groups is 1. The van der Waals surface area contributed by atoms with Gasteiger partial charge in [0.25, 0.3) is 0 Å². The van der Waals surface area contributed by atoms with E-state index in [1.54, 1.807) is 5.01 Å². The minimum atomic E-state index is -0.580. The fourth-order valence-electron chi connectivity index (χ4n) is 2.05. The highest BCUT2D eigenvalue weighted by Crippen LogP contribution is 2.25. The average Bonchev–Trinajstić information content (AvgIpc) is 3.06. The molecule has 0 bridgehead atoms. The first kappa shape index (κ1) is 14.5. The summed E-state index contributed by atoms with van der Waals surface area (Å²) in [5.74, 6) is 0.00554. The molecule has 0 amide bonds. The van der Waals surface area contributed by atoms with E-state index in [2.05, 4.69) is 5.10 Å². The summed E-state index contributed by atoms with van der Waals surface area (Å²) in [6.07, 6.45) is 1.45. The zero-order valence-electron chi connectivity index (χ0n) is 12.1. The zero-order valence-corrected chi connectivity index (χ0v) is 12.1. The highest BCUT2D eigenvalue weighted by molar-refractivity contribution is 5.79. The van der Waals surface area contributed by atoms with Gasteiger partial charge in [0, 0.05) is 0 Å². The summed E-state index contributed by atoms with van der Waals surface area (Å²) < 4.78 is 5.09. The monoisotopic (exact) mass is 307 g/mol. The number of anilines is 2. The lowest BCUT2D eigenvalue weighted by Gasteiger charge is -2.18. The Bertz CT molecular complexity index is 774. The Labute approximate surface area is 132 Å². The van der Waals surface area contributed by atoms with Crippen molar-refractivity contribution >= 4 is 23.5 Å². The number of hydrogen-bond donors (Lipinski definition) is 0. The Balaban J connectivity index is 1.92. The van der Waals surface area contributed by atoms with Gasteiger partial charge in [-0.2, -0.15) is 5.10 Å². The average molecular weight is 307 g/mol. The van der Waals surface area contributed by atoms with Crippen LogP contribution in [0.15, 0.2) is 82.3 Å². The minimum Gasteiger partial charge on any atom is -0.400 e. The van der Waals surface area contributed by atoms with Crippen molar-refractivity contribution in [3.63, 3.8) is 0 Å². The number of benzene rings is 2. The fraction of sp³-hybridized carbons (Fsp3) is 0. The molecular weight excluding hydrogens is 294 g/mol. The van der Waals surface area contributed by atoms with E-state index in [0.29, 0.717) is 5.76 Å². The summed E-state index contributed by atoms with van der Waals surface area (Å²) in [5.41, 5.74) is 1.74. The van der Waals surface area contributed by atoms with Crippen LogP contribution in [0.5, 0.6) is 0 Å². The topological polar surface area (TPSA) is 71.9 Å². The second kappa shape index (κ2) is 6.57. The molecule has 6 heteroatoms. The first-order valence-electron chi connectivity index (χ1n) is 6.92. The van der Waals surface area contributed by atoms with Gasteiger partial charge in [0.05, 0.1) is 23.7 Å².